The first-order valence-electron chi connectivity index (χ1n) is 8.05. The van der Waals surface area contributed by atoms with Crippen molar-refractivity contribution in [1.29, 1.82) is 0 Å². The molecule has 5 aromatic rings. The maximum absolute atomic E-state index is 5.45. The van der Waals surface area contributed by atoms with Crippen LogP contribution < -0.4 is 0 Å². The van der Waals surface area contributed by atoms with Crippen molar-refractivity contribution in [3.8, 4) is 22.5 Å². The fraction of sp³-hybridized carbons (Fsp3) is 0. The van der Waals surface area contributed by atoms with Crippen LogP contribution in [0.1, 0.15) is 0 Å². The van der Waals surface area contributed by atoms with E-state index in [0.717, 1.165) is 44.6 Å². The van der Waals surface area contributed by atoms with E-state index < -0.39 is 0 Å². The van der Waals surface area contributed by atoms with E-state index in [1.807, 2.05) is 72.8 Å². The van der Waals surface area contributed by atoms with Gasteiger partial charge in [-0.25, -0.2) is 15.0 Å². The lowest BCUT2D eigenvalue weighted by atomic mass is 10.0. The SMILES string of the molecule is c1ccc(-c2nc3ccccc3nc2-c2cccc3ocnc23)cc1. The van der Waals surface area contributed by atoms with Gasteiger partial charge < -0.3 is 4.42 Å². The van der Waals surface area contributed by atoms with Gasteiger partial charge in [0.1, 0.15) is 5.52 Å². The Morgan fingerprint density at radius 1 is 0.640 bits per heavy atom. The van der Waals surface area contributed by atoms with Crippen LogP contribution >= 0.6 is 0 Å². The molecule has 0 spiro atoms. The molecule has 0 saturated heterocycles. The second-order valence-corrected chi connectivity index (χ2v) is 5.78. The average molecular weight is 323 g/mol. The maximum Gasteiger partial charge on any atom is 0.182 e. The summed E-state index contributed by atoms with van der Waals surface area (Å²) in [6, 6.07) is 23.9. The molecule has 2 heterocycles. The Hall–Kier alpha value is -3.53. The van der Waals surface area contributed by atoms with Crippen LogP contribution in [0.15, 0.2) is 83.6 Å². The zero-order valence-electron chi connectivity index (χ0n) is 13.3. The summed E-state index contributed by atoms with van der Waals surface area (Å²) in [6.07, 6.45) is 1.46. The number of oxazole rings is 1. The first-order chi connectivity index (χ1) is 12.4. The van der Waals surface area contributed by atoms with Crippen molar-refractivity contribution in [2.75, 3.05) is 0 Å². The van der Waals surface area contributed by atoms with Crippen molar-refractivity contribution in [2.24, 2.45) is 0 Å². The van der Waals surface area contributed by atoms with E-state index in [2.05, 4.69) is 4.98 Å². The van der Waals surface area contributed by atoms with Gasteiger partial charge >= 0.3 is 0 Å². The van der Waals surface area contributed by atoms with Crippen LogP contribution in [0.25, 0.3) is 44.6 Å². The van der Waals surface area contributed by atoms with E-state index in [0.29, 0.717) is 0 Å². The molecule has 0 radical (unpaired) electrons. The lowest BCUT2D eigenvalue weighted by Gasteiger charge is -2.10. The van der Waals surface area contributed by atoms with Crippen molar-refractivity contribution in [1.82, 2.24) is 15.0 Å². The van der Waals surface area contributed by atoms with E-state index in [-0.39, 0.29) is 0 Å². The van der Waals surface area contributed by atoms with Gasteiger partial charge in [-0.2, -0.15) is 0 Å². The Kier molecular flexibility index (Phi) is 3.07. The first-order valence-corrected chi connectivity index (χ1v) is 8.05. The number of benzene rings is 3. The number of aromatic nitrogens is 3. The molecule has 0 bridgehead atoms. The number of hydrogen-bond acceptors (Lipinski definition) is 4. The lowest BCUT2D eigenvalue weighted by Crippen LogP contribution is -1.96. The predicted molar refractivity (Wildman–Crippen MR) is 98.0 cm³/mol. The molecule has 0 saturated carbocycles. The summed E-state index contributed by atoms with van der Waals surface area (Å²) in [5.74, 6) is 0. The normalized spacial score (nSPS) is 11.2. The molecular formula is C21H13N3O. The van der Waals surface area contributed by atoms with Crippen LogP contribution in [0.5, 0.6) is 0 Å². The summed E-state index contributed by atoms with van der Waals surface area (Å²) in [7, 11) is 0. The molecule has 0 aliphatic heterocycles. The number of para-hydroxylation sites is 3. The summed E-state index contributed by atoms with van der Waals surface area (Å²) in [6.45, 7) is 0. The molecule has 2 aromatic heterocycles. The predicted octanol–water partition coefficient (Wildman–Crippen LogP) is 5.11. The number of rotatable bonds is 2. The fourth-order valence-electron chi connectivity index (χ4n) is 3.06. The van der Waals surface area contributed by atoms with Crippen LogP contribution in [0.4, 0.5) is 0 Å². The Balaban J connectivity index is 1.89. The summed E-state index contributed by atoms with van der Waals surface area (Å²) in [5, 5.41) is 0. The summed E-state index contributed by atoms with van der Waals surface area (Å²) in [4.78, 5) is 14.2. The summed E-state index contributed by atoms with van der Waals surface area (Å²) in [5.41, 5.74) is 6.87. The van der Waals surface area contributed by atoms with E-state index >= 15 is 0 Å². The zero-order chi connectivity index (χ0) is 16.6. The van der Waals surface area contributed by atoms with Gasteiger partial charge in [0.2, 0.25) is 0 Å². The molecule has 4 heteroatoms. The fourth-order valence-corrected chi connectivity index (χ4v) is 3.06. The maximum atomic E-state index is 5.45. The van der Waals surface area contributed by atoms with E-state index in [1.54, 1.807) is 0 Å². The molecule has 5 rings (SSSR count). The topological polar surface area (TPSA) is 51.8 Å². The minimum atomic E-state index is 0.742. The lowest BCUT2D eigenvalue weighted by molar-refractivity contribution is 0.602. The van der Waals surface area contributed by atoms with Crippen molar-refractivity contribution in [3.05, 3.63) is 79.2 Å². The number of fused-ring (bicyclic) bond motifs is 2. The Labute approximate surface area is 143 Å². The van der Waals surface area contributed by atoms with E-state index in [9.17, 15) is 0 Å². The van der Waals surface area contributed by atoms with E-state index in [1.165, 1.54) is 6.39 Å². The second-order valence-electron chi connectivity index (χ2n) is 5.78. The van der Waals surface area contributed by atoms with Crippen LogP contribution in [0.2, 0.25) is 0 Å². The average Bonchev–Trinajstić information content (AvgIpc) is 3.16. The second kappa shape index (κ2) is 5.53. The number of hydrogen-bond donors (Lipinski definition) is 0. The zero-order valence-corrected chi connectivity index (χ0v) is 13.3. The molecule has 0 N–H and O–H groups in total. The third-order valence-corrected chi connectivity index (χ3v) is 4.23. The quantitative estimate of drug-likeness (QED) is 0.453. The van der Waals surface area contributed by atoms with Gasteiger partial charge in [-0.05, 0) is 18.2 Å². The van der Waals surface area contributed by atoms with Crippen LogP contribution in [0, 0.1) is 0 Å². The van der Waals surface area contributed by atoms with Gasteiger partial charge in [0.05, 0.1) is 22.4 Å². The van der Waals surface area contributed by atoms with Crippen LogP contribution in [-0.4, -0.2) is 15.0 Å². The molecule has 0 aliphatic rings. The molecule has 0 amide bonds. The van der Waals surface area contributed by atoms with Crippen molar-refractivity contribution in [3.63, 3.8) is 0 Å². The Morgan fingerprint density at radius 2 is 1.36 bits per heavy atom. The van der Waals surface area contributed by atoms with Gasteiger partial charge in [-0.1, -0.05) is 54.6 Å². The number of nitrogens with zero attached hydrogens (tertiary/aromatic N) is 3. The monoisotopic (exact) mass is 323 g/mol. The van der Waals surface area contributed by atoms with Crippen LogP contribution in [0.3, 0.4) is 0 Å². The van der Waals surface area contributed by atoms with Crippen molar-refractivity contribution in [2.45, 2.75) is 0 Å². The molecule has 3 aromatic carbocycles. The highest BCUT2D eigenvalue weighted by atomic mass is 16.3. The minimum Gasteiger partial charge on any atom is -0.443 e. The van der Waals surface area contributed by atoms with Crippen LogP contribution in [-0.2, 0) is 0 Å². The van der Waals surface area contributed by atoms with Crippen molar-refractivity contribution < 1.29 is 4.42 Å². The summed E-state index contributed by atoms with van der Waals surface area (Å²) >= 11 is 0. The van der Waals surface area contributed by atoms with Gasteiger partial charge in [-0.3, -0.25) is 0 Å². The highest BCUT2D eigenvalue weighted by Crippen LogP contribution is 2.34. The molecule has 25 heavy (non-hydrogen) atoms. The third-order valence-electron chi connectivity index (χ3n) is 4.23. The molecule has 118 valence electrons. The minimum absolute atomic E-state index is 0.742. The molecule has 4 nitrogen and oxygen atoms in total. The largest absolute Gasteiger partial charge is 0.443 e. The highest BCUT2D eigenvalue weighted by molar-refractivity contribution is 5.95. The molecule has 0 unspecified atom stereocenters. The third kappa shape index (κ3) is 2.27. The summed E-state index contributed by atoms with van der Waals surface area (Å²) < 4.78 is 5.45. The Bertz CT molecular complexity index is 1200. The highest BCUT2D eigenvalue weighted by Gasteiger charge is 2.16. The smallest absolute Gasteiger partial charge is 0.182 e. The molecular weight excluding hydrogens is 310 g/mol. The molecule has 0 fully saturated rings. The van der Waals surface area contributed by atoms with Gasteiger partial charge in [0.25, 0.3) is 0 Å². The van der Waals surface area contributed by atoms with Gasteiger partial charge in [-0.15, -0.1) is 0 Å². The molecule has 0 aliphatic carbocycles. The van der Waals surface area contributed by atoms with Gasteiger partial charge in [0, 0.05) is 11.1 Å². The van der Waals surface area contributed by atoms with E-state index in [4.69, 9.17) is 14.4 Å². The van der Waals surface area contributed by atoms with Crippen molar-refractivity contribution >= 4 is 22.1 Å². The first kappa shape index (κ1) is 13.9. The standard InChI is InChI=1S/C21H13N3O/c1-2-7-14(8-3-1)19-21(24-17-11-5-4-10-16(17)23-19)15-9-6-12-18-20(15)22-13-25-18/h1-13H. The Morgan fingerprint density at radius 3 is 2.16 bits per heavy atom. The molecule has 0 atom stereocenters. The van der Waals surface area contributed by atoms with Gasteiger partial charge in [0.15, 0.2) is 12.0 Å².